The number of benzene rings is 1. The molecule has 3 aromatic heterocycles. The highest BCUT2D eigenvalue weighted by Gasteiger charge is 2.18. The van der Waals surface area contributed by atoms with E-state index in [4.69, 9.17) is 9.40 Å². The minimum atomic E-state index is -0.159. The van der Waals surface area contributed by atoms with E-state index >= 15 is 0 Å². The number of halogens is 1. The largest absolute Gasteiger partial charge is 0.467 e. The maximum absolute atomic E-state index is 13.3. The number of anilines is 1. The summed E-state index contributed by atoms with van der Waals surface area (Å²) in [5.74, 6) is 0.632. The molecule has 4 rings (SSSR count). The molecular weight excluding hydrogens is 498 g/mol. The van der Waals surface area contributed by atoms with Gasteiger partial charge in [-0.05, 0) is 62.2 Å². The monoisotopic (exact) mass is 517 g/mol. The number of carbonyl (C=O) groups is 1. The summed E-state index contributed by atoms with van der Waals surface area (Å²) in [5, 5.41) is 4.06. The molecule has 160 valence electrons. The molecule has 0 saturated carbocycles. The number of thiophene rings is 1. The molecule has 0 aliphatic heterocycles. The number of fused-ring (bicyclic) bond motifs is 1. The number of aryl methyl sites for hydroxylation is 3. The van der Waals surface area contributed by atoms with Crippen molar-refractivity contribution in [3.63, 3.8) is 0 Å². The first-order valence-electron chi connectivity index (χ1n) is 9.55. The fourth-order valence-electron chi connectivity index (χ4n) is 3.20. The predicted octanol–water partition coefficient (Wildman–Crippen LogP) is 5.52. The zero-order valence-corrected chi connectivity index (χ0v) is 20.4. The Morgan fingerprint density at radius 1 is 1.29 bits per heavy atom. The van der Waals surface area contributed by atoms with Gasteiger partial charge in [-0.2, -0.15) is 0 Å². The van der Waals surface area contributed by atoms with Crippen molar-refractivity contribution in [3.05, 3.63) is 73.2 Å². The van der Waals surface area contributed by atoms with Gasteiger partial charge in [-0.25, -0.2) is 4.98 Å². The molecule has 0 aliphatic rings. The molecule has 0 aliphatic carbocycles. The van der Waals surface area contributed by atoms with E-state index in [1.807, 2.05) is 45.0 Å². The Labute approximate surface area is 195 Å². The second kappa shape index (κ2) is 9.02. The third-order valence-electron chi connectivity index (χ3n) is 4.94. The zero-order chi connectivity index (χ0) is 22.1. The van der Waals surface area contributed by atoms with Crippen LogP contribution in [-0.4, -0.2) is 21.2 Å². The Hall–Kier alpha value is -2.36. The van der Waals surface area contributed by atoms with Crippen LogP contribution in [-0.2, 0) is 11.3 Å². The standard InChI is InChI=1S/C22H20BrN3O3S2/c1-12-9-15(23)6-7-17(12)24-18(27)11-30-22-25-20-19(13(2)14(3)31-20)21(28)26(22)10-16-5-4-8-29-16/h4-9H,10-11H2,1-3H3,(H,24,27). The van der Waals surface area contributed by atoms with Crippen LogP contribution in [0.5, 0.6) is 0 Å². The van der Waals surface area contributed by atoms with E-state index in [-0.39, 0.29) is 23.8 Å². The van der Waals surface area contributed by atoms with E-state index in [0.717, 1.165) is 26.2 Å². The summed E-state index contributed by atoms with van der Waals surface area (Å²) >= 11 is 6.17. The van der Waals surface area contributed by atoms with Crippen LogP contribution in [0.4, 0.5) is 5.69 Å². The van der Waals surface area contributed by atoms with Gasteiger partial charge < -0.3 is 9.73 Å². The van der Waals surface area contributed by atoms with Crippen LogP contribution >= 0.6 is 39.0 Å². The number of carbonyl (C=O) groups excluding carboxylic acids is 1. The minimum Gasteiger partial charge on any atom is -0.467 e. The van der Waals surface area contributed by atoms with Gasteiger partial charge in [0.2, 0.25) is 5.91 Å². The van der Waals surface area contributed by atoms with Crippen LogP contribution in [0, 0.1) is 20.8 Å². The van der Waals surface area contributed by atoms with E-state index in [9.17, 15) is 9.59 Å². The number of amides is 1. The minimum absolute atomic E-state index is 0.116. The first-order valence-corrected chi connectivity index (χ1v) is 12.1. The molecule has 0 atom stereocenters. The molecule has 1 N–H and O–H groups in total. The third-order valence-corrected chi connectivity index (χ3v) is 7.51. The summed E-state index contributed by atoms with van der Waals surface area (Å²) in [6.07, 6.45) is 1.58. The molecule has 3 heterocycles. The van der Waals surface area contributed by atoms with Gasteiger partial charge >= 0.3 is 0 Å². The Kier molecular flexibility index (Phi) is 6.36. The van der Waals surface area contributed by atoms with Crippen LogP contribution in [0.2, 0.25) is 0 Å². The van der Waals surface area contributed by atoms with E-state index in [0.29, 0.717) is 21.1 Å². The number of hydrogen-bond donors (Lipinski definition) is 1. The predicted molar refractivity (Wildman–Crippen MR) is 129 cm³/mol. The van der Waals surface area contributed by atoms with Crippen molar-refractivity contribution in [2.75, 3.05) is 11.1 Å². The summed E-state index contributed by atoms with van der Waals surface area (Å²) < 4.78 is 7.99. The Balaban J connectivity index is 1.62. The number of thioether (sulfide) groups is 1. The lowest BCUT2D eigenvalue weighted by Gasteiger charge is -2.12. The smallest absolute Gasteiger partial charge is 0.263 e. The average Bonchev–Trinajstić information content (AvgIpc) is 3.33. The molecule has 4 aromatic rings. The van der Waals surface area contributed by atoms with Crippen molar-refractivity contribution in [1.82, 2.24) is 9.55 Å². The SMILES string of the molecule is Cc1cc(Br)ccc1NC(=O)CSc1nc2sc(C)c(C)c2c(=O)n1Cc1ccco1. The van der Waals surface area contributed by atoms with E-state index < -0.39 is 0 Å². The number of nitrogens with one attached hydrogen (secondary N) is 1. The molecule has 0 bridgehead atoms. The lowest BCUT2D eigenvalue weighted by Crippen LogP contribution is -2.24. The summed E-state index contributed by atoms with van der Waals surface area (Å²) in [5.41, 5.74) is 2.56. The molecule has 0 saturated heterocycles. The first-order chi connectivity index (χ1) is 14.8. The van der Waals surface area contributed by atoms with Gasteiger partial charge in [0, 0.05) is 15.0 Å². The molecule has 1 amide bonds. The van der Waals surface area contributed by atoms with Crippen molar-refractivity contribution in [2.24, 2.45) is 0 Å². The van der Waals surface area contributed by atoms with Crippen molar-refractivity contribution >= 4 is 60.8 Å². The zero-order valence-electron chi connectivity index (χ0n) is 17.2. The number of rotatable bonds is 6. The Bertz CT molecular complexity index is 1330. The van der Waals surface area contributed by atoms with E-state index in [1.165, 1.54) is 23.1 Å². The number of aromatic nitrogens is 2. The second-order valence-corrected chi connectivity index (χ2v) is 10.2. The van der Waals surface area contributed by atoms with Crippen molar-refractivity contribution in [1.29, 1.82) is 0 Å². The molecule has 31 heavy (non-hydrogen) atoms. The Morgan fingerprint density at radius 2 is 2.10 bits per heavy atom. The number of nitrogens with zero attached hydrogens (tertiary/aromatic N) is 2. The van der Waals surface area contributed by atoms with Gasteiger partial charge in [0.05, 0.1) is 23.9 Å². The van der Waals surface area contributed by atoms with Gasteiger partial charge in [-0.15, -0.1) is 11.3 Å². The summed E-state index contributed by atoms with van der Waals surface area (Å²) in [4.78, 5) is 32.4. The molecule has 6 nitrogen and oxygen atoms in total. The lowest BCUT2D eigenvalue weighted by molar-refractivity contribution is -0.113. The third kappa shape index (κ3) is 4.63. The van der Waals surface area contributed by atoms with Crippen LogP contribution < -0.4 is 10.9 Å². The van der Waals surface area contributed by atoms with Crippen LogP contribution in [0.1, 0.15) is 21.8 Å². The molecule has 0 fully saturated rings. The summed E-state index contributed by atoms with van der Waals surface area (Å²) in [6.45, 7) is 6.12. The highest BCUT2D eigenvalue weighted by atomic mass is 79.9. The molecule has 1 aromatic carbocycles. The van der Waals surface area contributed by atoms with Crippen molar-refractivity contribution < 1.29 is 9.21 Å². The van der Waals surface area contributed by atoms with Gasteiger partial charge in [-0.1, -0.05) is 27.7 Å². The summed E-state index contributed by atoms with van der Waals surface area (Å²) in [6, 6.07) is 9.29. The van der Waals surface area contributed by atoms with Gasteiger partial charge in [0.1, 0.15) is 10.6 Å². The Morgan fingerprint density at radius 3 is 2.81 bits per heavy atom. The maximum atomic E-state index is 13.3. The highest BCUT2D eigenvalue weighted by Crippen LogP contribution is 2.29. The van der Waals surface area contributed by atoms with Crippen LogP contribution in [0.25, 0.3) is 10.2 Å². The van der Waals surface area contributed by atoms with E-state index in [2.05, 4.69) is 21.2 Å². The fourth-order valence-corrected chi connectivity index (χ4v) is 5.54. The average molecular weight is 518 g/mol. The molecule has 0 unspecified atom stereocenters. The van der Waals surface area contributed by atoms with Crippen LogP contribution in [0.15, 0.2) is 55.4 Å². The first kappa shape index (κ1) is 21.9. The van der Waals surface area contributed by atoms with Gasteiger partial charge in [0.25, 0.3) is 5.56 Å². The second-order valence-electron chi connectivity index (χ2n) is 7.12. The molecule has 0 radical (unpaired) electrons. The van der Waals surface area contributed by atoms with Crippen molar-refractivity contribution in [2.45, 2.75) is 32.5 Å². The van der Waals surface area contributed by atoms with E-state index in [1.54, 1.807) is 16.9 Å². The number of furan rings is 1. The normalized spacial score (nSPS) is 11.2. The quantitative estimate of drug-likeness (QED) is 0.269. The van der Waals surface area contributed by atoms with Gasteiger partial charge in [-0.3, -0.25) is 14.2 Å². The van der Waals surface area contributed by atoms with Gasteiger partial charge in [0.15, 0.2) is 5.16 Å². The van der Waals surface area contributed by atoms with Crippen LogP contribution in [0.3, 0.4) is 0 Å². The molecule has 0 spiro atoms. The van der Waals surface area contributed by atoms with Crippen molar-refractivity contribution in [3.8, 4) is 0 Å². The molecule has 9 heteroatoms. The summed E-state index contributed by atoms with van der Waals surface area (Å²) in [7, 11) is 0. The highest BCUT2D eigenvalue weighted by molar-refractivity contribution is 9.10. The number of hydrogen-bond acceptors (Lipinski definition) is 6. The molecular formula is C22H20BrN3O3S2. The maximum Gasteiger partial charge on any atom is 0.263 e. The topological polar surface area (TPSA) is 77.1 Å². The lowest BCUT2D eigenvalue weighted by atomic mass is 10.2. The fraction of sp³-hybridized carbons (Fsp3) is 0.227.